The van der Waals surface area contributed by atoms with Crippen LogP contribution >= 0.6 is 0 Å². The van der Waals surface area contributed by atoms with Crippen molar-refractivity contribution in [3.05, 3.63) is 24.2 Å². The second-order valence-electron chi connectivity index (χ2n) is 8.84. The average molecular weight is 417 g/mol. The van der Waals surface area contributed by atoms with E-state index < -0.39 is 30.4 Å². The van der Waals surface area contributed by atoms with E-state index >= 15 is 0 Å². The highest BCUT2D eigenvalue weighted by molar-refractivity contribution is 5.96. The fourth-order valence-electron chi connectivity index (χ4n) is 5.69. The van der Waals surface area contributed by atoms with E-state index in [1.165, 1.54) is 31.6 Å². The molecule has 9 heteroatoms. The Morgan fingerprint density at radius 3 is 2.33 bits per heavy atom. The van der Waals surface area contributed by atoms with Crippen molar-refractivity contribution < 1.29 is 28.3 Å². The van der Waals surface area contributed by atoms with Gasteiger partial charge in [0.05, 0.1) is 12.7 Å². The predicted molar refractivity (Wildman–Crippen MR) is 104 cm³/mol. The topological polar surface area (TPSA) is 127 Å². The molecule has 4 aliphatic rings. The predicted octanol–water partition coefficient (Wildman–Crippen LogP) is 1.74. The molecule has 0 spiro atoms. The number of nitrogens with one attached hydrogen (secondary N) is 3. The lowest BCUT2D eigenvalue weighted by molar-refractivity contribution is -0.148. The first-order chi connectivity index (χ1) is 14.4. The Morgan fingerprint density at radius 1 is 1.07 bits per heavy atom. The van der Waals surface area contributed by atoms with Crippen molar-refractivity contribution in [2.24, 2.45) is 17.8 Å². The van der Waals surface area contributed by atoms with Gasteiger partial charge in [-0.2, -0.15) is 0 Å². The van der Waals surface area contributed by atoms with Gasteiger partial charge in [-0.05, 0) is 68.4 Å². The molecular formula is C21H27N3O6. The lowest BCUT2D eigenvalue weighted by atomic mass is 9.53. The third-order valence-corrected chi connectivity index (χ3v) is 6.39. The normalized spacial score (nSPS) is 28.6. The molecule has 9 nitrogen and oxygen atoms in total. The molecule has 1 aromatic rings. The SMILES string of the molecule is O=C(COC(=O)CCNC(=O)c1ccco1)NC(=O)NC12CC3CC(CC(C3)C1)C2. The van der Waals surface area contributed by atoms with Crippen molar-refractivity contribution in [2.45, 2.75) is 50.5 Å². The van der Waals surface area contributed by atoms with Crippen LogP contribution in [0, 0.1) is 17.8 Å². The number of furan rings is 1. The third kappa shape index (κ3) is 4.83. The fraction of sp³-hybridized carbons (Fsp3) is 0.619. The molecular weight excluding hydrogens is 390 g/mol. The highest BCUT2D eigenvalue weighted by Gasteiger charge is 2.51. The van der Waals surface area contributed by atoms with Crippen LogP contribution in [0.2, 0.25) is 0 Å². The Kier molecular flexibility index (Phi) is 5.78. The lowest BCUT2D eigenvalue weighted by Crippen LogP contribution is -2.62. The second kappa shape index (κ2) is 8.49. The van der Waals surface area contributed by atoms with Gasteiger partial charge in [-0.25, -0.2) is 4.79 Å². The molecule has 4 bridgehead atoms. The van der Waals surface area contributed by atoms with Crippen molar-refractivity contribution in [3.8, 4) is 0 Å². The number of rotatable bonds is 7. The molecule has 4 saturated carbocycles. The van der Waals surface area contributed by atoms with E-state index in [4.69, 9.17) is 9.15 Å². The Balaban J connectivity index is 1.13. The van der Waals surface area contributed by atoms with Crippen LogP contribution < -0.4 is 16.0 Å². The molecule has 0 saturated heterocycles. The van der Waals surface area contributed by atoms with Crippen molar-refractivity contribution in [2.75, 3.05) is 13.2 Å². The second-order valence-corrected chi connectivity index (χ2v) is 8.84. The Bertz CT molecular complexity index is 783. The van der Waals surface area contributed by atoms with Gasteiger partial charge < -0.3 is 19.8 Å². The number of ether oxygens (including phenoxy) is 1. The summed E-state index contributed by atoms with van der Waals surface area (Å²) in [4.78, 5) is 47.6. The first-order valence-electron chi connectivity index (χ1n) is 10.5. The maximum Gasteiger partial charge on any atom is 0.321 e. The van der Waals surface area contributed by atoms with Crippen molar-refractivity contribution >= 4 is 23.8 Å². The maximum absolute atomic E-state index is 12.3. The van der Waals surface area contributed by atoms with Crippen LogP contribution in [0.4, 0.5) is 4.79 Å². The standard InChI is InChI=1S/C21H27N3O6/c25-17(12-30-18(26)3-4-22-19(27)16-2-1-5-29-16)23-20(28)24-21-9-13-6-14(10-21)8-15(7-13)11-21/h1-2,5,13-15H,3-4,6-12H2,(H,22,27)(H2,23,24,25,28). The summed E-state index contributed by atoms with van der Waals surface area (Å²) in [6.45, 7) is -0.494. The molecule has 0 aromatic carbocycles. The monoisotopic (exact) mass is 417 g/mol. The van der Waals surface area contributed by atoms with Gasteiger partial charge in [0, 0.05) is 12.1 Å². The minimum atomic E-state index is -0.676. The molecule has 162 valence electrons. The molecule has 4 amide bonds. The molecule has 0 unspecified atom stereocenters. The summed E-state index contributed by atoms with van der Waals surface area (Å²) in [5, 5.41) is 7.80. The van der Waals surface area contributed by atoms with Gasteiger partial charge in [0.2, 0.25) is 0 Å². The summed E-state index contributed by atoms with van der Waals surface area (Å²) in [6, 6.07) is 2.57. The summed E-state index contributed by atoms with van der Waals surface area (Å²) < 4.78 is 9.80. The van der Waals surface area contributed by atoms with Crippen molar-refractivity contribution in [3.63, 3.8) is 0 Å². The molecule has 30 heavy (non-hydrogen) atoms. The number of hydrogen-bond donors (Lipinski definition) is 3. The summed E-state index contributed by atoms with van der Waals surface area (Å²) in [5.41, 5.74) is -0.192. The molecule has 4 aliphatic carbocycles. The van der Waals surface area contributed by atoms with Gasteiger partial charge >= 0.3 is 12.0 Å². The zero-order chi connectivity index (χ0) is 21.1. The van der Waals surface area contributed by atoms with E-state index in [-0.39, 0.29) is 24.3 Å². The minimum absolute atomic E-state index is 0.0481. The summed E-state index contributed by atoms with van der Waals surface area (Å²) >= 11 is 0. The number of amides is 4. The van der Waals surface area contributed by atoms with E-state index in [2.05, 4.69) is 16.0 Å². The zero-order valence-corrected chi connectivity index (χ0v) is 16.8. The van der Waals surface area contributed by atoms with Gasteiger partial charge in [0.25, 0.3) is 11.8 Å². The summed E-state index contributed by atoms with van der Waals surface area (Å²) in [5.74, 6) is 0.431. The highest BCUT2D eigenvalue weighted by atomic mass is 16.5. The van der Waals surface area contributed by atoms with Gasteiger partial charge in [0.1, 0.15) is 0 Å². The first-order valence-corrected chi connectivity index (χ1v) is 10.5. The Hall–Kier alpha value is -2.84. The van der Waals surface area contributed by atoms with E-state index in [1.807, 2.05) is 0 Å². The minimum Gasteiger partial charge on any atom is -0.459 e. The molecule has 0 atom stereocenters. The van der Waals surface area contributed by atoms with E-state index in [9.17, 15) is 19.2 Å². The fourth-order valence-corrected chi connectivity index (χ4v) is 5.69. The van der Waals surface area contributed by atoms with Gasteiger partial charge in [-0.1, -0.05) is 0 Å². The number of carbonyl (C=O) groups excluding carboxylic acids is 4. The van der Waals surface area contributed by atoms with Crippen molar-refractivity contribution in [1.82, 2.24) is 16.0 Å². The quantitative estimate of drug-likeness (QED) is 0.580. The number of esters is 1. The molecule has 1 aromatic heterocycles. The Morgan fingerprint density at radius 2 is 1.73 bits per heavy atom. The van der Waals surface area contributed by atoms with Crippen LogP contribution in [0.25, 0.3) is 0 Å². The van der Waals surface area contributed by atoms with Crippen molar-refractivity contribution in [1.29, 1.82) is 0 Å². The summed E-state index contributed by atoms with van der Waals surface area (Å²) in [7, 11) is 0. The van der Waals surface area contributed by atoms with Crippen LogP contribution in [0.3, 0.4) is 0 Å². The largest absolute Gasteiger partial charge is 0.459 e. The number of imide groups is 1. The highest BCUT2D eigenvalue weighted by Crippen LogP contribution is 2.55. The van der Waals surface area contributed by atoms with Crippen LogP contribution in [0.1, 0.15) is 55.5 Å². The Labute approximate surface area is 174 Å². The van der Waals surface area contributed by atoms with E-state index in [0.29, 0.717) is 17.8 Å². The van der Waals surface area contributed by atoms with Gasteiger partial charge in [0.15, 0.2) is 12.4 Å². The average Bonchev–Trinajstić information content (AvgIpc) is 3.19. The smallest absolute Gasteiger partial charge is 0.321 e. The molecule has 3 N–H and O–H groups in total. The van der Waals surface area contributed by atoms with Gasteiger partial charge in [-0.15, -0.1) is 0 Å². The zero-order valence-electron chi connectivity index (χ0n) is 16.8. The first kappa shape index (κ1) is 20.4. The number of hydrogen-bond acceptors (Lipinski definition) is 6. The molecule has 0 aliphatic heterocycles. The van der Waals surface area contributed by atoms with Crippen LogP contribution in [0.5, 0.6) is 0 Å². The lowest BCUT2D eigenvalue weighted by Gasteiger charge is -2.56. The number of urea groups is 1. The van der Waals surface area contributed by atoms with Crippen LogP contribution in [-0.4, -0.2) is 42.5 Å². The maximum atomic E-state index is 12.3. The van der Waals surface area contributed by atoms with Gasteiger partial charge in [-0.3, -0.25) is 19.7 Å². The molecule has 5 rings (SSSR count). The molecule has 0 radical (unpaired) electrons. The molecule has 1 heterocycles. The number of carbonyl (C=O) groups is 4. The van der Waals surface area contributed by atoms with Crippen LogP contribution in [-0.2, 0) is 14.3 Å². The molecule has 4 fully saturated rings. The third-order valence-electron chi connectivity index (χ3n) is 6.39. The summed E-state index contributed by atoms with van der Waals surface area (Å²) in [6.07, 6.45) is 8.02. The van der Waals surface area contributed by atoms with Crippen LogP contribution in [0.15, 0.2) is 22.8 Å². The van der Waals surface area contributed by atoms with E-state index in [1.54, 1.807) is 6.07 Å². The van der Waals surface area contributed by atoms with E-state index in [0.717, 1.165) is 19.3 Å².